The van der Waals surface area contributed by atoms with E-state index in [0.29, 0.717) is 18.1 Å². The molecule has 100 valence electrons. The van der Waals surface area contributed by atoms with Gasteiger partial charge in [-0.25, -0.2) is 0 Å². The third-order valence-electron chi connectivity index (χ3n) is 3.84. The molecule has 0 aromatic rings. The van der Waals surface area contributed by atoms with Crippen molar-refractivity contribution in [3.63, 3.8) is 0 Å². The van der Waals surface area contributed by atoms with Crippen LogP contribution in [0.4, 0.5) is 0 Å². The fraction of sp³-hybridized carbons (Fsp3) is 0.867. The van der Waals surface area contributed by atoms with Crippen molar-refractivity contribution >= 4 is 0 Å². The van der Waals surface area contributed by atoms with E-state index in [-0.39, 0.29) is 0 Å². The van der Waals surface area contributed by atoms with Gasteiger partial charge in [0, 0.05) is 31.2 Å². The quantitative estimate of drug-likeness (QED) is 0.716. The second-order valence-electron chi connectivity index (χ2n) is 5.87. The van der Waals surface area contributed by atoms with E-state index >= 15 is 0 Å². The Hall–Kier alpha value is -0.340. The van der Waals surface area contributed by atoms with Gasteiger partial charge in [0.1, 0.15) is 0 Å². The molecule has 2 nitrogen and oxygen atoms in total. The molecule has 0 saturated carbocycles. The summed E-state index contributed by atoms with van der Waals surface area (Å²) >= 11 is 0. The van der Waals surface area contributed by atoms with E-state index in [4.69, 9.17) is 0 Å². The van der Waals surface area contributed by atoms with Gasteiger partial charge in [-0.05, 0) is 32.1 Å². The van der Waals surface area contributed by atoms with Crippen LogP contribution in [-0.4, -0.2) is 36.1 Å². The molecule has 3 unspecified atom stereocenters. The zero-order valence-corrected chi connectivity index (χ0v) is 12.1. The predicted molar refractivity (Wildman–Crippen MR) is 76.3 cm³/mol. The van der Waals surface area contributed by atoms with Gasteiger partial charge >= 0.3 is 0 Å². The van der Waals surface area contributed by atoms with Gasteiger partial charge in [-0.3, -0.25) is 4.90 Å². The molecule has 1 rings (SSSR count). The average molecular weight is 238 g/mol. The summed E-state index contributed by atoms with van der Waals surface area (Å²) in [6.45, 7) is 15.5. The van der Waals surface area contributed by atoms with Gasteiger partial charge in [0.2, 0.25) is 0 Å². The Balaban J connectivity index is 2.57. The van der Waals surface area contributed by atoms with Gasteiger partial charge in [0.15, 0.2) is 0 Å². The topological polar surface area (TPSA) is 15.3 Å². The maximum Gasteiger partial charge on any atom is 0.0221 e. The van der Waals surface area contributed by atoms with Crippen LogP contribution in [-0.2, 0) is 0 Å². The van der Waals surface area contributed by atoms with E-state index < -0.39 is 0 Å². The van der Waals surface area contributed by atoms with Gasteiger partial charge < -0.3 is 5.32 Å². The molecule has 0 bridgehead atoms. The summed E-state index contributed by atoms with van der Waals surface area (Å²) in [7, 11) is 0. The minimum absolute atomic E-state index is 0.634. The molecule has 0 aliphatic carbocycles. The fourth-order valence-electron chi connectivity index (χ4n) is 2.91. The van der Waals surface area contributed by atoms with Crippen LogP contribution in [0.1, 0.15) is 47.0 Å². The first-order valence-corrected chi connectivity index (χ1v) is 7.18. The van der Waals surface area contributed by atoms with Crippen molar-refractivity contribution in [2.24, 2.45) is 5.92 Å². The lowest BCUT2D eigenvalue weighted by molar-refractivity contribution is 0.0816. The second-order valence-corrected chi connectivity index (χ2v) is 5.87. The number of hydrogen-bond donors (Lipinski definition) is 1. The molecule has 1 N–H and O–H groups in total. The van der Waals surface area contributed by atoms with Crippen LogP contribution < -0.4 is 5.32 Å². The summed E-state index contributed by atoms with van der Waals surface area (Å²) < 4.78 is 0. The Kier molecular flexibility index (Phi) is 6.21. The van der Waals surface area contributed by atoms with Gasteiger partial charge in [0.05, 0.1) is 0 Å². The Morgan fingerprint density at radius 3 is 2.65 bits per heavy atom. The Morgan fingerprint density at radius 1 is 1.41 bits per heavy atom. The summed E-state index contributed by atoms with van der Waals surface area (Å²) in [5, 5.41) is 3.71. The molecule has 0 radical (unpaired) electrons. The van der Waals surface area contributed by atoms with Crippen LogP contribution in [0.15, 0.2) is 12.7 Å². The first-order chi connectivity index (χ1) is 8.08. The second kappa shape index (κ2) is 7.17. The van der Waals surface area contributed by atoms with Crippen LogP contribution in [0.3, 0.4) is 0 Å². The molecule has 0 spiro atoms. The van der Waals surface area contributed by atoms with Crippen molar-refractivity contribution < 1.29 is 0 Å². The van der Waals surface area contributed by atoms with E-state index in [1.54, 1.807) is 0 Å². The van der Waals surface area contributed by atoms with Crippen molar-refractivity contribution in [2.45, 2.75) is 65.1 Å². The standard InChI is InChI=1S/C15H30N2/c1-6-8-13(5)17-11-14(9-12(3)4)16-10-15(17)7-2/h6,12-16H,1,7-11H2,2-5H3. The summed E-state index contributed by atoms with van der Waals surface area (Å²) in [6, 6.07) is 2.01. The minimum atomic E-state index is 0.634. The highest BCUT2D eigenvalue weighted by atomic mass is 15.2. The Morgan fingerprint density at radius 2 is 2.12 bits per heavy atom. The highest BCUT2D eigenvalue weighted by Gasteiger charge is 2.29. The largest absolute Gasteiger partial charge is 0.311 e. The first kappa shape index (κ1) is 14.7. The summed E-state index contributed by atoms with van der Waals surface area (Å²) in [6.07, 6.45) is 5.68. The zero-order chi connectivity index (χ0) is 12.8. The lowest BCUT2D eigenvalue weighted by atomic mass is 9.97. The van der Waals surface area contributed by atoms with Gasteiger partial charge in [-0.2, -0.15) is 0 Å². The van der Waals surface area contributed by atoms with Crippen LogP contribution in [0.25, 0.3) is 0 Å². The SMILES string of the molecule is C=CCC(C)N1CC(CC(C)C)NCC1CC. The third kappa shape index (κ3) is 4.44. The van der Waals surface area contributed by atoms with Crippen molar-refractivity contribution in [1.29, 1.82) is 0 Å². The summed E-state index contributed by atoms with van der Waals surface area (Å²) in [5.74, 6) is 0.780. The Bertz CT molecular complexity index is 225. The number of rotatable bonds is 6. The molecule has 1 heterocycles. The summed E-state index contributed by atoms with van der Waals surface area (Å²) in [4.78, 5) is 2.69. The van der Waals surface area contributed by atoms with E-state index in [2.05, 4.69) is 50.6 Å². The smallest absolute Gasteiger partial charge is 0.0221 e. The van der Waals surface area contributed by atoms with E-state index in [9.17, 15) is 0 Å². The highest BCUT2D eigenvalue weighted by molar-refractivity contribution is 4.90. The zero-order valence-electron chi connectivity index (χ0n) is 12.1. The number of nitrogens with one attached hydrogen (secondary N) is 1. The monoisotopic (exact) mass is 238 g/mol. The molecule has 0 aromatic carbocycles. The van der Waals surface area contributed by atoms with E-state index in [0.717, 1.165) is 18.9 Å². The molecule has 1 aliphatic heterocycles. The minimum Gasteiger partial charge on any atom is -0.311 e. The van der Waals surface area contributed by atoms with Crippen molar-refractivity contribution in [3.05, 3.63) is 12.7 Å². The van der Waals surface area contributed by atoms with E-state index in [1.165, 1.54) is 19.4 Å². The van der Waals surface area contributed by atoms with Crippen LogP contribution in [0.5, 0.6) is 0 Å². The maximum atomic E-state index is 3.87. The Labute approximate surface area is 107 Å². The molecule has 1 aliphatic rings. The average Bonchev–Trinajstić information content (AvgIpc) is 2.28. The normalized spacial score (nSPS) is 28.3. The molecule has 0 amide bonds. The molecule has 1 saturated heterocycles. The third-order valence-corrected chi connectivity index (χ3v) is 3.84. The molecule has 0 aromatic heterocycles. The first-order valence-electron chi connectivity index (χ1n) is 7.18. The molecule has 17 heavy (non-hydrogen) atoms. The van der Waals surface area contributed by atoms with Crippen LogP contribution in [0.2, 0.25) is 0 Å². The van der Waals surface area contributed by atoms with Crippen LogP contribution in [0, 0.1) is 5.92 Å². The molecular weight excluding hydrogens is 208 g/mol. The number of piperazine rings is 1. The number of hydrogen-bond acceptors (Lipinski definition) is 2. The van der Waals surface area contributed by atoms with Gasteiger partial charge in [-0.15, -0.1) is 6.58 Å². The fourth-order valence-corrected chi connectivity index (χ4v) is 2.91. The maximum absolute atomic E-state index is 3.87. The van der Waals surface area contributed by atoms with Crippen molar-refractivity contribution in [1.82, 2.24) is 10.2 Å². The summed E-state index contributed by atoms with van der Waals surface area (Å²) in [5.41, 5.74) is 0. The lowest BCUT2D eigenvalue weighted by Gasteiger charge is -2.44. The molecule has 2 heteroatoms. The van der Waals surface area contributed by atoms with Gasteiger partial charge in [-0.1, -0.05) is 26.8 Å². The van der Waals surface area contributed by atoms with E-state index in [1.807, 2.05) is 0 Å². The predicted octanol–water partition coefficient (Wildman–Crippen LogP) is 3.05. The number of nitrogens with zero attached hydrogens (tertiary/aromatic N) is 1. The van der Waals surface area contributed by atoms with Gasteiger partial charge in [0.25, 0.3) is 0 Å². The lowest BCUT2D eigenvalue weighted by Crippen LogP contribution is -2.58. The molecule has 1 fully saturated rings. The van der Waals surface area contributed by atoms with Crippen LogP contribution >= 0.6 is 0 Å². The highest BCUT2D eigenvalue weighted by Crippen LogP contribution is 2.19. The van der Waals surface area contributed by atoms with Crippen molar-refractivity contribution in [3.8, 4) is 0 Å². The molecular formula is C15H30N2. The van der Waals surface area contributed by atoms with Crippen molar-refractivity contribution in [2.75, 3.05) is 13.1 Å². The molecule has 3 atom stereocenters.